The molecule has 0 spiro atoms. The number of likely N-dealkylation sites (N-methyl/N-ethyl adjacent to an activating group) is 1. The van der Waals surface area contributed by atoms with Crippen molar-refractivity contribution in [3.63, 3.8) is 0 Å². The third-order valence-corrected chi connectivity index (χ3v) is 3.52. The molecule has 1 aromatic rings. The lowest BCUT2D eigenvalue weighted by Gasteiger charge is -2.39. The van der Waals surface area contributed by atoms with Gasteiger partial charge in [-0.15, -0.1) is 0 Å². The topological polar surface area (TPSA) is 78.7 Å². The van der Waals surface area contributed by atoms with Crippen molar-refractivity contribution in [3.8, 4) is 0 Å². The molecule has 2 heterocycles. The van der Waals surface area contributed by atoms with Gasteiger partial charge in [-0.05, 0) is 0 Å². The van der Waals surface area contributed by atoms with Crippen molar-refractivity contribution in [1.29, 1.82) is 0 Å². The molecule has 1 N–H and O–H groups in total. The van der Waals surface area contributed by atoms with Gasteiger partial charge in [0.05, 0.1) is 5.69 Å². The van der Waals surface area contributed by atoms with E-state index in [2.05, 4.69) is 10.3 Å². The van der Waals surface area contributed by atoms with Crippen LogP contribution in [0.1, 0.15) is 18.5 Å². The quantitative estimate of drug-likeness (QED) is 0.827. The van der Waals surface area contributed by atoms with E-state index in [0.717, 1.165) is 5.69 Å². The maximum absolute atomic E-state index is 12.0. The summed E-state index contributed by atoms with van der Waals surface area (Å²) in [6.07, 6.45) is 1.60. The molecule has 0 saturated carbocycles. The van der Waals surface area contributed by atoms with Crippen molar-refractivity contribution in [2.75, 3.05) is 26.7 Å². The number of carbonyl (C=O) groups excluding carboxylic acids is 2. The van der Waals surface area contributed by atoms with E-state index in [1.54, 1.807) is 25.1 Å². The van der Waals surface area contributed by atoms with Crippen LogP contribution in [0.3, 0.4) is 0 Å². The predicted octanol–water partition coefficient (Wildman–Crippen LogP) is -0.238. The molecule has 7 nitrogen and oxygen atoms in total. The van der Waals surface area contributed by atoms with Gasteiger partial charge in [0.2, 0.25) is 11.8 Å². The van der Waals surface area contributed by atoms with Crippen LogP contribution in [-0.4, -0.2) is 59.3 Å². The first-order valence-corrected chi connectivity index (χ1v) is 6.63. The van der Waals surface area contributed by atoms with Crippen molar-refractivity contribution >= 4 is 11.8 Å². The number of nitrogens with zero attached hydrogens (tertiary/aromatic N) is 3. The highest BCUT2D eigenvalue weighted by molar-refractivity contribution is 5.83. The average molecular weight is 280 g/mol. The molecule has 7 heteroatoms. The van der Waals surface area contributed by atoms with Gasteiger partial charge >= 0.3 is 0 Å². The van der Waals surface area contributed by atoms with Crippen LogP contribution in [0, 0.1) is 6.92 Å². The number of oxazole rings is 1. The molecule has 2 amide bonds. The Labute approximate surface area is 117 Å². The molecular weight excluding hydrogens is 260 g/mol. The largest absolute Gasteiger partial charge is 0.449 e. The summed E-state index contributed by atoms with van der Waals surface area (Å²) in [6.45, 7) is 5.53. The molecule has 1 aliphatic heterocycles. The maximum Gasteiger partial charge on any atom is 0.238 e. The maximum atomic E-state index is 12.0. The van der Waals surface area contributed by atoms with Crippen molar-refractivity contribution in [2.24, 2.45) is 0 Å². The monoisotopic (exact) mass is 280 g/mol. The zero-order valence-corrected chi connectivity index (χ0v) is 12.0. The van der Waals surface area contributed by atoms with E-state index in [0.29, 0.717) is 32.1 Å². The SMILES string of the molecule is CNC(=O)C1CN(C(C)=O)CCN1Cc1coc(C)n1. The number of carbonyl (C=O) groups is 2. The van der Waals surface area contributed by atoms with Gasteiger partial charge in [0.15, 0.2) is 5.89 Å². The highest BCUT2D eigenvalue weighted by atomic mass is 16.3. The Balaban J connectivity index is 2.09. The second-order valence-corrected chi connectivity index (χ2v) is 4.92. The van der Waals surface area contributed by atoms with E-state index in [-0.39, 0.29) is 17.9 Å². The molecule has 110 valence electrons. The van der Waals surface area contributed by atoms with Gasteiger partial charge in [0.1, 0.15) is 12.3 Å². The number of aromatic nitrogens is 1. The summed E-state index contributed by atoms with van der Waals surface area (Å²) in [5.74, 6) is 0.519. The molecule has 1 aliphatic rings. The third-order valence-electron chi connectivity index (χ3n) is 3.52. The van der Waals surface area contributed by atoms with Gasteiger partial charge in [-0.3, -0.25) is 14.5 Å². The standard InChI is InChI=1S/C13H20N4O3/c1-9-15-11(8-20-9)6-17-5-4-16(10(2)18)7-12(17)13(19)14-3/h8,12H,4-7H2,1-3H3,(H,14,19). The lowest BCUT2D eigenvalue weighted by molar-refractivity contribution is -0.136. The number of piperazine rings is 1. The lowest BCUT2D eigenvalue weighted by Crippen LogP contribution is -2.59. The van der Waals surface area contributed by atoms with Crippen LogP contribution in [0.2, 0.25) is 0 Å². The minimum Gasteiger partial charge on any atom is -0.449 e. The van der Waals surface area contributed by atoms with Gasteiger partial charge in [0.25, 0.3) is 0 Å². The minimum atomic E-state index is -0.352. The molecule has 0 aliphatic carbocycles. The van der Waals surface area contributed by atoms with Gasteiger partial charge in [0, 0.05) is 47.1 Å². The molecule has 2 rings (SSSR count). The fourth-order valence-corrected chi connectivity index (χ4v) is 2.40. The van der Waals surface area contributed by atoms with Gasteiger partial charge in [-0.1, -0.05) is 0 Å². The molecule has 0 aromatic carbocycles. The predicted molar refractivity (Wildman–Crippen MR) is 71.8 cm³/mol. The Morgan fingerprint density at radius 1 is 1.50 bits per heavy atom. The summed E-state index contributed by atoms with van der Waals surface area (Å²) in [4.78, 5) is 31.5. The highest BCUT2D eigenvalue weighted by Gasteiger charge is 2.33. The fraction of sp³-hybridized carbons (Fsp3) is 0.615. The first-order valence-electron chi connectivity index (χ1n) is 6.63. The Morgan fingerprint density at radius 3 is 2.80 bits per heavy atom. The first kappa shape index (κ1) is 14.5. The molecule has 1 fully saturated rings. The highest BCUT2D eigenvalue weighted by Crippen LogP contribution is 2.14. The number of aryl methyl sites for hydroxylation is 1. The van der Waals surface area contributed by atoms with Crippen molar-refractivity contribution in [3.05, 3.63) is 17.8 Å². The Hall–Kier alpha value is -1.89. The summed E-state index contributed by atoms with van der Waals surface area (Å²) >= 11 is 0. The number of hydrogen-bond acceptors (Lipinski definition) is 5. The average Bonchev–Trinajstić information content (AvgIpc) is 2.83. The Bertz CT molecular complexity index is 500. The number of nitrogens with one attached hydrogen (secondary N) is 1. The number of hydrogen-bond donors (Lipinski definition) is 1. The summed E-state index contributed by atoms with van der Waals surface area (Å²) in [6, 6.07) is -0.352. The van der Waals surface area contributed by atoms with Crippen LogP contribution in [0.5, 0.6) is 0 Å². The van der Waals surface area contributed by atoms with Crippen LogP contribution in [0.25, 0.3) is 0 Å². The molecule has 1 unspecified atom stereocenters. The summed E-state index contributed by atoms with van der Waals surface area (Å²) in [5.41, 5.74) is 0.799. The summed E-state index contributed by atoms with van der Waals surface area (Å²) < 4.78 is 5.18. The number of amides is 2. The van der Waals surface area contributed by atoms with E-state index in [9.17, 15) is 9.59 Å². The van der Waals surface area contributed by atoms with Crippen LogP contribution < -0.4 is 5.32 Å². The third kappa shape index (κ3) is 3.16. The minimum absolute atomic E-state index is 0.00386. The Morgan fingerprint density at radius 2 is 2.25 bits per heavy atom. The van der Waals surface area contributed by atoms with Crippen LogP contribution >= 0.6 is 0 Å². The van der Waals surface area contributed by atoms with Gasteiger partial charge in [-0.25, -0.2) is 4.98 Å². The second-order valence-electron chi connectivity index (χ2n) is 4.92. The summed E-state index contributed by atoms with van der Waals surface area (Å²) in [7, 11) is 1.60. The lowest BCUT2D eigenvalue weighted by atomic mass is 10.1. The van der Waals surface area contributed by atoms with Crippen LogP contribution in [0.4, 0.5) is 0 Å². The van der Waals surface area contributed by atoms with E-state index >= 15 is 0 Å². The second kappa shape index (κ2) is 6.04. The number of rotatable bonds is 3. The molecule has 0 radical (unpaired) electrons. The molecule has 1 atom stereocenters. The van der Waals surface area contributed by atoms with Crippen LogP contribution in [0.15, 0.2) is 10.7 Å². The molecule has 0 bridgehead atoms. The van der Waals surface area contributed by atoms with Gasteiger partial charge < -0.3 is 14.6 Å². The fourth-order valence-electron chi connectivity index (χ4n) is 2.40. The van der Waals surface area contributed by atoms with E-state index < -0.39 is 0 Å². The van der Waals surface area contributed by atoms with E-state index in [1.807, 2.05) is 4.90 Å². The van der Waals surface area contributed by atoms with E-state index in [1.165, 1.54) is 6.92 Å². The zero-order chi connectivity index (χ0) is 14.7. The molecule has 1 saturated heterocycles. The zero-order valence-electron chi connectivity index (χ0n) is 12.0. The molecule has 1 aromatic heterocycles. The molecular formula is C13H20N4O3. The normalized spacial score (nSPS) is 19.9. The van der Waals surface area contributed by atoms with Crippen molar-refractivity contribution in [1.82, 2.24) is 20.1 Å². The van der Waals surface area contributed by atoms with Crippen LogP contribution in [-0.2, 0) is 16.1 Å². The smallest absolute Gasteiger partial charge is 0.238 e. The van der Waals surface area contributed by atoms with Crippen molar-refractivity contribution < 1.29 is 14.0 Å². The summed E-state index contributed by atoms with van der Waals surface area (Å²) in [5, 5.41) is 2.65. The van der Waals surface area contributed by atoms with Gasteiger partial charge in [-0.2, -0.15) is 0 Å². The molecule has 20 heavy (non-hydrogen) atoms. The van der Waals surface area contributed by atoms with E-state index in [4.69, 9.17) is 4.42 Å². The Kier molecular flexibility index (Phi) is 4.39. The van der Waals surface area contributed by atoms with Crippen molar-refractivity contribution in [2.45, 2.75) is 26.4 Å². The first-order chi connectivity index (χ1) is 9.51.